The normalized spacial score (nSPS) is 24.6. The van der Waals surface area contributed by atoms with E-state index < -0.39 is 0 Å². The van der Waals surface area contributed by atoms with Crippen LogP contribution in [0.2, 0.25) is 0 Å². The average molecular weight is 268 g/mol. The summed E-state index contributed by atoms with van der Waals surface area (Å²) in [5.41, 5.74) is 3.83. The molecule has 1 saturated heterocycles. The van der Waals surface area contributed by atoms with E-state index in [2.05, 4.69) is 10.4 Å². The molecule has 1 aliphatic heterocycles. The van der Waals surface area contributed by atoms with Gasteiger partial charge in [-0.05, 0) is 12.8 Å². The molecule has 2 fully saturated rings. The first-order chi connectivity index (χ1) is 8.36. The van der Waals surface area contributed by atoms with Crippen LogP contribution in [0, 0.1) is 0 Å². The highest BCUT2D eigenvalue weighted by Crippen LogP contribution is 2.41. The molecule has 1 aromatic rings. The first kappa shape index (κ1) is 11.6. The van der Waals surface area contributed by atoms with Gasteiger partial charge in [-0.15, -0.1) is 11.8 Å². The largest absolute Gasteiger partial charge is 0.308 e. The van der Waals surface area contributed by atoms with Crippen molar-refractivity contribution in [2.45, 2.75) is 24.0 Å². The molecule has 1 unspecified atom stereocenters. The van der Waals surface area contributed by atoms with Gasteiger partial charge in [0.1, 0.15) is 11.6 Å². The predicted molar refractivity (Wildman–Crippen MR) is 74.3 cm³/mol. The van der Waals surface area contributed by atoms with Crippen molar-refractivity contribution < 1.29 is 0 Å². The highest BCUT2D eigenvalue weighted by molar-refractivity contribution is 8.06. The number of nitrogens with two attached hydrogens (primary N) is 1. The highest BCUT2D eigenvalue weighted by Gasteiger charge is 2.28. The number of hydrazine groups is 1. The minimum absolute atomic E-state index is 0.430. The van der Waals surface area contributed by atoms with Crippen molar-refractivity contribution in [3.05, 3.63) is 17.6 Å². The Balaban J connectivity index is 1.88. The van der Waals surface area contributed by atoms with E-state index in [1.54, 1.807) is 0 Å². The lowest BCUT2D eigenvalue weighted by Crippen LogP contribution is -2.15. The molecule has 0 bridgehead atoms. The summed E-state index contributed by atoms with van der Waals surface area (Å²) in [5.74, 6) is 11.4. The molecule has 92 valence electrons. The van der Waals surface area contributed by atoms with Gasteiger partial charge in [-0.1, -0.05) is 0 Å². The number of hydrogen-bond acceptors (Lipinski definition) is 6. The highest BCUT2D eigenvalue weighted by atomic mass is 32.2. The molecule has 6 heteroatoms. The van der Waals surface area contributed by atoms with E-state index in [1.165, 1.54) is 30.0 Å². The third-order valence-electron chi connectivity index (χ3n) is 3.01. The molecule has 0 aromatic carbocycles. The van der Waals surface area contributed by atoms with Crippen molar-refractivity contribution in [3.8, 4) is 0 Å². The fourth-order valence-electron chi connectivity index (χ4n) is 1.93. The van der Waals surface area contributed by atoms with Crippen LogP contribution in [0.1, 0.15) is 35.5 Å². The molecule has 1 atom stereocenters. The van der Waals surface area contributed by atoms with Crippen LogP contribution in [0.15, 0.2) is 6.07 Å². The summed E-state index contributed by atoms with van der Waals surface area (Å²) < 4.78 is 0. The molecular formula is C11H16N4S2. The lowest BCUT2D eigenvalue weighted by Gasteiger charge is -2.20. The number of nitrogens with one attached hydrogen (secondary N) is 1. The first-order valence-corrected chi connectivity index (χ1v) is 8.12. The van der Waals surface area contributed by atoms with E-state index in [4.69, 9.17) is 10.8 Å². The number of anilines is 1. The summed E-state index contributed by atoms with van der Waals surface area (Å²) >= 11 is 3.95. The van der Waals surface area contributed by atoms with E-state index in [0.29, 0.717) is 11.2 Å². The fraction of sp³-hybridized carbons (Fsp3) is 0.636. The molecule has 17 heavy (non-hydrogen) atoms. The van der Waals surface area contributed by atoms with E-state index >= 15 is 0 Å². The van der Waals surface area contributed by atoms with Crippen molar-refractivity contribution in [3.63, 3.8) is 0 Å². The number of nitrogen functional groups attached to an aromatic ring is 1. The van der Waals surface area contributed by atoms with E-state index in [0.717, 1.165) is 17.4 Å². The van der Waals surface area contributed by atoms with Crippen molar-refractivity contribution in [1.29, 1.82) is 0 Å². The van der Waals surface area contributed by atoms with Crippen LogP contribution in [0.25, 0.3) is 0 Å². The summed E-state index contributed by atoms with van der Waals surface area (Å²) in [5, 5.41) is 0.430. The summed E-state index contributed by atoms with van der Waals surface area (Å²) in [4.78, 5) is 9.23. The van der Waals surface area contributed by atoms with Crippen LogP contribution in [0.3, 0.4) is 0 Å². The monoisotopic (exact) mass is 268 g/mol. The van der Waals surface area contributed by atoms with Crippen LogP contribution in [-0.4, -0.2) is 27.2 Å². The summed E-state index contributed by atoms with van der Waals surface area (Å²) in [7, 11) is 0. The van der Waals surface area contributed by atoms with Gasteiger partial charge in [-0.2, -0.15) is 11.8 Å². The molecule has 3 N–H and O–H groups in total. The van der Waals surface area contributed by atoms with Gasteiger partial charge in [-0.25, -0.2) is 15.8 Å². The van der Waals surface area contributed by atoms with Gasteiger partial charge in [0.15, 0.2) is 0 Å². The Morgan fingerprint density at radius 2 is 2.18 bits per heavy atom. The van der Waals surface area contributed by atoms with Crippen molar-refractivity contribution >= 4 is 29.3 Å². The zero-order valence-electron chi connectivity index (χ0n) is 9.56. The lowest BCUT2D eigenvalue weighted by molar-refractivity contribution is 0.872. The van der Waals surface area contributed by atoms with E-state index in [9.17, 15) is 0 Å². The van der Waals surface area contributed by atoms with Crippen LogP contribution in [-0.2, 0) is 0 Å². The quantitative estimate of drug-likeness (QED) is 0.647. The minimum Gasteiger partial charge on any atom is -0.308 e. The topological polar surface area (TPSA) is 63.8 Å². The Kier molecular flexibility index (Phi) is 3.44. The second-order valence-corrected chi connectivity index (χ2v) is 6.85. The Morgan fingerprint density at radius 3 is 2.82 bits per heavy atom. The van der Waals surface area contributed by atoms with Gasteiger partial charge in [0.05, 0.1) is 5.25 Å². The second kappa shape index (κ2) is 5.04. The Morgan fingerprint density at radius 1 is 1.29 bits per heavy atom. The standard InChI is InChI=1S/C11H16N4S2/c12-15-10-5-8(7-1-2-7)13-11(14-10)9-6-16-3-4-17-9/h5,7,9H,1-4,6,12H2,(H,13,14,15). The number of rotatable bonds is 3. The zero-order chi connectivity index (χ0) is 11.7. The van der Waals surface area contributed by atoms with E-state index in [-0.39, 0.29) is 0 Å². The Labute approximate surface area is 110 Å². The van der Waals surface area contributed by atoms with Crippen LogP contribution in [0.4, 0.5) is 5.82 Å². The third-order valence-corrected chi connectivity index (χ3v) is 5.76. The molecule has 4 nitrogen and oxygen atoms in total. The Hall–Kier alpha value is -0.460. The van der Waals surface area contributed by atoms with Gasteiger partial charge < -0.3 is 5.43 Å². The molecule has 0 spiro atoms. The molecule has 1 aliphatic carbocycles. The smallest absolute Gasteiger partial charge is 0.144 e. The molecule has 0 radical (unpaired) electrons. The minimum atomic E-state index is 0.430. The first-order valence-electron chi connectivity index (χ1n) is 5.91. The van der Waals surface area contributed by atoms with E-state index in [1.807, 2.05) is 29.6 Å². The van der Waals surface area contributed by atoms with Gasteiger partial charge in [0, 0.05) is 34.9 Å². The number of hydrogen-bond donors (Lipinski definition) is 2. The lowest BCUT2D eigenvalue weighted by atomic mass is 10.2. The average Bonchev–Trinajstić information content (AvgIpc) is 3.23. The second-order valence-electron chi connectivity index (χ2n) is 4.39. The van der Waals surface area contributed by atoms with Crippen LogP contribution in [0.5, 0.6) is 0 Å². The maximum Gasteiger partial charge on any atom is 0.144 e. The summed E-state index contributed by atoms with van der Waals surface area (Å²) in [6.45, 7) is 0. The van der Waals surface area contributed by atoms with Gasteiger partial charge in [0.25, 0.3) is 0 Å². The van der Waals surface area contributed by atoms with Crippen molar-refractivity contribution in [1.82, 2.24) is 9.97 Å². The molecule has 1 saturated carbocycles. The van der Waals surface area contributed by atoms with Crippen molar-refractivity contribution in [2.24, 2.45) is 5.84 Å². The maximum absolute atomic E-state index is 5.49. The summed E-state index contributed by atoms with van der Waals surface area (Å²) in [6.07, 6.45) is 2.51. The molecular weight excluding hydrogens is 252 g/mol. The number of thioether (sulfide) groups is 2. The van der Waals surface area contributed by atoms with Gasteiger partial charge in [0.2, 0.25) is 0 Å². The fourth-order valence-corrected chi connectivity index (χ4v) is 4.53. The van der Waals surface area contributed by atoms with Gasteiger partial charge in [-0.3, -0.25) is 0 Å². The predicted octanol–water partition coefficient (Wildman–Crippen LogP) is 2.16. The molecule has 2 aliphatic rings. The molecule has 1 aromatic heterocycles. The SMILES string of the molecule is NNc1cc(C2CC2)nc(C2CSCCS2)n1. The van der Waals surface area contributed by atoms with Crippen LogP contribution < -0.4 is 11.3 Å². The van der Waals surface area contributed by atoms with Crippen LogP contribution >= 0.6 is 23.5 Å². The Bertz CT molecular complexity index is 402. The molecule has 3 rings (SSSR count). The molecule has 0 amide bonds. The summed E-state index contributed by atoms with van der Waals surface area (Å²) in [6, 6.07) is 1.99. The van der Waals surface area contributed by atoms with Crippen molar-refractivity contribution in [2.75, 3.05) is 22.7 Å². The molecule has 2 heterocycles. The number of nitrogens with zero attached hydrogens (tertiary/aromatic N) is 2. The zero-order valence-corrected chi connectivity index (χ0v) is 11.2. The maximum atomic E-state index is 5.49. The third kappa shape index (κ3) is 2.69. The number of aromatic nitrogens is 2. The van der Waals surface area contributed by atoms with Gasteiger partial charge >= 0.3 is 0 Å².